The van der Waals surface area contributed by atoms with Crippen LogP contribution >= 0.6 is 11.8 Å². The normalized spacial score (nSPS) is 16.9. The summed E-state index contributed by atoms with van der Waals surface area (Å²) in [6.45, 7) is 3.34. The molecule has 6 nitrogen and oxygen atoms in total. The van der Waals surface area contributed by atoms with E-state index in [0.29, 0.717) is 29.3 Å². The Kier molecular flexibility index (Phi) is 5.28. The predicted octanol–water partition coefficient (Wildman–Crippen LogP) is 2.40. The Morgan fingerprint density at radius 2 is 1.90 bits per heavy atom. The molecule has 1 saturated carbocycles. The number of rotatable bonds is 7. The van der Waals surface area contributed by atoms with E-state index in [1.807, 2.05) is 18.7 Å². The van der Waals surface area contributed by atoms with Gasteiger partial charge in [0.25, 0.3) is 0 Å². The van der Waals surface area contributed by atoms with E-state index in [4.69, 9.17) is 4.74 Å². The molecule has 0 saturated heterocycles. The van der Waals surface area contributed by atoms with Gasteiger partial charge in [0.15, 0.2) is 0 Å². The van der Waals surface area contributed by atoms with Gasteiger partial charge in [-0.1, -0.05) is 12.8 Å². The van der Waals surface area contributed by atoms with Crippen molar-refractivity contribution >= 4 is 23.7 Å². The molecule has 7 heteroatoms. The van der Waals surface area contributed by atoms with Crippen LogP contribution < -0.4 is 15.4 Å². The van der Waals surface area contributed by atoms with Crippen LogP contribution in [0.1, 0.15) is 32.6 Å². The zero-order valence-corrected chi connectivity index (χ0v) is 13.2. The van der Waals surface area contributed by atoms with Crippen molar-refractivity contribution in [2.45, 2.75) is 37.4 Å². The molecule has 0 spiro atoms. The lowest BCUT2D eigenvalue weighted by atomic mass is 10.1. The van der Waals surface area contributed by atoms with Gasteiger partial charge in [0.1, 0.15) is 0 Å². The van der Waals surface area contributed by atoms with Gasteiger partial charge in [-0.3, -0.25) is 0 Å². The van der Waals surface area contributed by atoms with E-state index < -0.39 is 0 Å². The molecule has 0 aliphatic heterocycles. The Hall–Kier alpha value is -1.24. The quantitative estimate of drug-likeness (QED) is 0.800. The number of anilines is 2. The van der Waals surface area contributed by atoms with Gasteiger partial charge in [-0.15, -0.1) is 0 Å². The highest BCUT2D eigenvalue weighted by Gasteiger charge is 2.32. The molecule has 1 aliphatic rings. The van der Waals surface area contributed by atoms with E-state index in [2.05, 4.69) is 31.8 Å². The van der Waals surface area contributed by atoms with Crippen LogP contribution in [0, 0.1) is 0 Å². The maximum Gasteiger partial charge on any atom is 0.323 e. The maximum absolute atomic E-state index is 5.36. The first kappa shape index (κ1) is 15.2. The number of ether oxygens (including phenoxy) is 1. The zero-order valence-electron chi connectivity index (χ0n) is 12.4. The van der Waals surface area contributed by atoms with Crippen LogP contribution in [-0.2, 0) is 0 Å². The van der Waals surface area contributed by atoms with Crippen molar-refractivity contribution in [3.05, 3.63) is 0 Å². The van der Waals surface area contributed by atoms with E-state index in [1.54, 1.807) is 7.05 Å². The fourth-order valence-corrected chi connectivity index (χ4v) is 3.37. The van der Waals surface area contributed by atoms with Crippen molar-refractivity contribution in [1.29, 1.82) is 0 Å². The summed E-state index contributed by atoms with van der Waals surface area (Å²) in [6, 6.07) is 0.360. The molecule has 112 valence electrons. The van der Waals surface area contributed by atoms with Gasteiger partial charge in [-0.2, -0.15) is 26.7 Å². The largest absolute Gasteiger partial charge is 0.464 e. The van der Waals surface area contributed by atoms with Crippen molar-refractivity contribution in [2.75, 3.05) is 37.1 Å². The summed E-state index contributed by atoms with van der Waals surface area (Å²) in [5.41, 5.74) is 0. The molecule has 0 amide bonds. The highest BCUT2D eigenvalue weighted by Crippen LogP contribution is 2.40. The third kappa shape index (κ3) is 3.65. The molecule has 1 aromatic rings. The molecule has 0 atom stereocenters. The summed E-state index contributed by atoms with van der Waals surface area (Å²) in [6.07, 6.45) is 7.31. The number of nitrogens with one attached hydrogen (secondary N) is 2. The van der Waals surface area contributed by atoms with Crippen LogP contribution in [0.25, 0.3) is 0 Å². The minimum absolute atomic E-state index is 0.318. The van der Waals surface area contributed by atoms with Gasteiger partial charge in [-0.05, 0) is 26.0 Å². The van der Waals surface area contributed by atoms with Crippen LogP contribution in [0.2, 0.25) is 0 Å². The predicted molar refractivity (Wildman–Crippen MR) is 83.7 cm³/mol. The van der Waals surface area contributed by atoms with Gasteiger partial charge in [-0.25, -0.2) is 0 Å². The molecule has 0 bridgehead atoms. The molecular formula is C13H23N5OS. The second kappa shape index (κ2) is 6.97. The topological polar surface area (TPSA) is 72.0 Å². The molecule has 1 fully saturated rings. The molecule has 2 N–H and O–H groups in total. The first-order valence-corrected chi connectivity index (χ1v) is 8.29. The van der Waals surface area contributed by atoms with E-state index in [9.17, 15) is 0 Å². The Labute approximate surface area is 124 Å². The average Bonchev–Trinajstić information content (AvgIpc) is 2.95. The highest BCUT2D eigenvalue weighted by molar-refractivity contribution is 8.00. The highest BCUT2D eigenvalue weighted by atomic mass is 32.2. The summed E-state index contributed by atoms with van der Waals surface area (Å²) in [7, 11) is 1.79. The van der Waals surface area contributed by atoms with E-state index in [0.717, 1.165) is 6.54 Å². The second-order valence-corrected chi connectivity index (χ2v) is 6.17. The Morgan fingerprint density at radius 3 is 2.50 bits per heavy atom. The van der Waals surface area contributed by atoms with Gasteiger partial charge < -0.3 is 15.4 Å². The lowest BCUT2D eigenvalue weighted by Gasteiger charge is -2.26. The Balaban J connectivity index is 2.06. The second-order valence-electron chi connectivity index (χ2n) is 4.90. The van der Waals surface area contributed by atoms with Gasteiger partial charge >= 0.3 is 6.01 Å². The maximum atomic E-state index is 5.36. The monoisotopic (exact) mass is 297 g/mol. The molecule has 2 rings (SSSR count). The standard InChI is InChI=1S/C13H23N5OS/c1-4-19-12-17-10(14-2)16-11(18-12)15-9-13(20-3)7-5-6-8-13/h4-9H2,1-3H3,(H2,14,15,16,17,18). The van der Waals surface area contributed by atoms with Crippen LogP contribution in [0.4, 0.5) is 11.9 Å². The van der Waals surface area contributed by atoms with E-state index in [1.165, 1.54) is 25.7 Å². The van der Waals surface area contributed by atoms with Gasteiger partial charge in [0.2, 0.25) is 11.9 Å². The molecule has 0 radical (unpaired) electrons. The lowest BCUT2D eigenvalue weighted by Crippen LogP contribution is -2.30. The fourth-order valence-electron chi connectivity index (χ4n) is 2.45. The number of aromatic nitrogens is 3. The van der Waals surface area contributed by atoms with Crippen molar-refractivity contribution in [3.8, 4) is 6.01 Å². The van der Waals surface area contributed by atoms with Crippen molar-refractivity contribution in [1.82, 2.24) is 15.0 Å². The van der Waals surface area contributed by atoms with Crippen LogP contribution in [0.15, 0.2) is 0 Å². The first-order valence-electron chi connectivity index (χ1n) is 7.07. The molecule has 1 heterocycles. The number of hydrogen-bond donors (Lipinski definition) is 2. The van der Waals surface area contributed by atoms with Crippen LogP contribution in [0.3, 0.4) is 0 Å². The SMILES string of the molecule is CCOc1nc(NC)nc(NCC2(SC)CCCC2)n1. The van der Waals surface area contributed by atoms with Gasteiger partial charge in [0.05, 0.1) is 6.61 Å². The Morgan fingerprint density at radius 1 is 1.20 bits per heavy atom. The number of hydrogen-bond acceptors (Lipinski definition) is 7. The average molecular weight is 297 g/mol. The summed E-state index contributed by atoms with van der Waals surface area (Å²) in [4.78, 5) is 12.8. The van der Waals surface area contributed by atoms with Gasteiger partial charge in [0, 0.05) is 18.3 Å². The molecule has 0 unspecified atom stereocenters. The number of thioether (sulfide) groups is 1. The van der Waals surface area contributed by atoms with Crippen LogP contribution in [-0.4, -0.2) is 46.2 Å². The lowest BCUT2D eigenvalue weighted by molar-refractivity contribution is 0.312. The molecular weight excluding hydrogens is 274 g/mol. The third-order valence-corrected chi connectivity index (χ3v) is 5.05. The summed E-state index contributed by atoms with van der Waals surface area (Å²) in [5.74, 6) is 1.10. The first-order chi connectivity index (χ1) is 9.71. The minimum Gasteiger partial charge on any atom is -0.464 e. The van der Waals surface area contributed by atoms with Crippen molar-refractivity contribution < 1.29 is 4.74 Å². The number of nitrogens with zero attached hydrogens (tertiary/aromatic N) is 3. The smallest absolute Gasteiger partial charge is 0.323 e. The third-order valence-electron chi connectivity index (χ3n) is 3.63. The molecule has 0 aromatic carbocycles. The molecule has 1 aliphatic carbocycles. The van der Waals surface area contributed by atoms with E-state index >= 15 is 0 Å². The zero-order chi connectivity index (χ0) is 14.4. The summed E-state index contributed by atoms with van der Waals surface area (Å²) >= 11 is 1.94. The van der Waals surface area contributed by atoms with Crippen molar-refractivity contribution in [3.63, 3.8) is 0 Å². The summed E-state index contributed by atoms with van der Waals surface area (Å²) in [5, 5.41) is 6.28. The molecule has 1 aromatic heterocycles. The fraction of sp³-hybridized carbons (Fsp3) is 0.769. The minimum atomic E-state index is 0.318. The van der Waals surface area contributed by atoms with Crippen molar-refractivity contribution in [2.24, 2.45) is 0 Å². The summed E-state index contributed by atoms with van der Waals surface area (Å²) < 4.78 is 5.68. The van der Waals surface area contributed by atoms with Crippen LogP contribution in [0.5, 0.6) is 6.01 Å². The Bertz CT molecular complexity index is 437. The molecule has 20 heavy (non-hydrogen) atoms. The van der Waals surface area contributed by atoms with E-state index in [-0.39, 0.29) is 0 Å².